The highest BCUT2D eigenvalue weighted by molar-refractivity contribution is 5.83. The first-order valence-electron chi connectivity index (χ1n) is 7.51. The van der Waals surface area contributed by atoms with E-state index in [0.29, 0.717) is 11.8 Å². The normalized spacial score (nSPS) is 22.4. The van der Waals surface area contributed by atoms with E-state index < -0.39 is 0 Å². The third kappa shape index (κ3) is 3.14. The average molecular weight is 275 g/mol. The maximum atomic E-state index is 12.3. The maximum absolute atomic E-state index is 12.3. The van der Waals surface area contributed by atoms with Gasteiger partial charge < -0.3 is 10.1 Å². The van der Waals surface area contributed by atoms with Crippen molar-refractivity contribution >= 4 is 5.91 Å². The highest BCUT2D eigenvalue weighted by Gasteiger charge is 2.45. The molecule has 0 saturated heterocycles. The monoisotopic (exact) mass is 275 g/mol. The lowest BCUT2D eigenvalue weighted by Crippen LogP contribution is -2.39. The fourth-order valence-electron chi connectivity index (χ4n) is 2.83. The lowest BCUT2D eigenvalue weighted by Gasteiger charge is -2.20. The molecule has 2 rings (SSSR count). The maximum Gasteiger partial charge on any atom is 0.223 e. The van der Waals surface area contributed by atoms with Gasteiger partial charge >= 0.3 is 0 Å². The highest BCUT2D eigenvalue weighted by atomic mass is 16.5. The van der Waals surface area contributed by atoms with Gasteiger partial charge in [-0.2, -0.15) is 0 Å². The fraction of sp³-hybridized carbons (Fsp3) is 0.588. The van der Waals surface area contributed by atoms with Gasteiger partial charge in [-0.1, -0.05) is 39.0 Å². The van der Waals surface area contributed by atoms with Gasteiger partial charge in [0, 0.05) is 12.0 Å². The summed E-state index contributed by atoms with van der Waals surface area (Å²) in [4.78, 5) is 12.3. The van der Waals surface area contributed by atoms with E-state index in [0.717, 1.165) is 24.2 Å². The Bertz CT molecular complexity index is 470. The second-order valence-electron chi connectivity index (χ2n) is 5.96. The first-order chi connectivity index (χ1) is 9.58. The minimum atomic E-state index is 0.110. The van der Waals surface area contributed by atoms with Crippen molar-refractivity contribution in [2.24, 2.45) is 11.8 Å². The molecule has 1 aliphatic carbocycles. The summed E-state index contributed by atoms with van der Waals surface area (Å²) >= 11 is 0. The van der Waals surface area contributed by atoms with Crippen molar-refractivity contribution in [3.63, 3.8) is 0 Å². The molecule has 0 radical (unpaired) electrons. The topological polar surface area (TPSA) is 38.3 Å². The van der Waals surface area contributed by atoms with Crippen molar-refractivity contribution in [1.82, 2.24) is 5.32 Å². The molecule has 1 N–H and O–H groups in total. The van der Waals surface area contributed by atoms with E-state index in [2.05, 4.69) is 32.2 Å². The minimum absolute atomic E-state index is 0.110. The van der Waals surface area contributed by atoms with Gasteiger partial charge in [-0.05, 0) is 36.3 Å². The molecule has 110 valence electrons. The van der Waals surface area contributed by atoms with Crippen molar-refractivity contribution in [3.8, 4) is 5.75 Å². The fourth-order valence-corrected chi connectivity index (χ4v) is 2.83. The molecule has 3 atom stereocenters. The first-order valence-corrected chi connectivity index (χ1v) is 7.51. The van der Waals surface area contributed by atoms with E-state index in [1.165, 1.54) is 0 Å². The Hall–Kier alpha value is -1.51. The van der Waals surface area contributed by atoms with Crippen LogP contribution in [0.15, 0.2) is 24.3 Å². The molecule has 1 saturated carbocycles. The van der Waals surface area contributed by atoms with E-state index >= 15 is 0 Å². The van der Waals surface area contributed by atoms with E-state index in [9.17, 15) is 4.79 Å². The number of carbonyl (C=O) groups excluding carboxylic acids is 1. The van der Waals surface area contributed by atoms with E-state index in [1.807, 2.05) is 18.2 Å². The third-order valence-electron chi connectivity index (χ3n) is 4.24. The summed E-state index contributed by atoms with van der Waals surface area (Å²) in [6.45, 7) is 6.42. The largest absolute Gasteiger partial charge is 0.496 e. The van der Waals surface area contributed by atoms with Crippen LogP contribution in [0.3, 0.4) is 0 Å². The molecule has 1 aliphatic rings. The molecular formula is C17H25NO2. The summed E-state index contributed by atoms with van der Waals surface area (Å²) in [7, 11) is 1.68. The number of hydrogen-bond acceptors (Lipinski definition) is 2. The van der Waals surface area contributed by atoms with E-state index in [-0.39, 0.29) is 17.9 Å². The molecular weight excluding hydrogens is 250 g/mol. The molecule has 0 unspecified atom stereocenters. The van der Waals surface area contributed by atoms with Crippen LogP contribution in [0.5, 0.6) is 5.75 Å². The average Bonchev–Trinajstić information content (AvgIpc) is 3.24. The van der Waals surface area contributed by atoms with Crippen LogP contribution < -0.4 is 10.1 Å². The van der Waals surface area contributed by atoms with Crippen LogP contribution in [-0.4, -0.2) is 19.1 Å². The summed E-state index contributed by atoms with van der Waals surface area (Å²) in [5, 5.41) is 3.19. The summed E-state index contributed by atoms with van der Waals surface area (Å²) in [5.74, 6) is 1.99. The van der Waals surface area contributed by atoms with Crippen LogP contribution in [0.4, 0.5) is 0 Å². The van der Waals surface area contributed by atoms with Crippen LogP contribution in [0.2, 0.25) is 0 Å². The van der Waals surface area contributed by atoms with Gasteiger partial charge in [0.05, 0.1) is 7.11 Å². The Morgan fingerprint density at radius 1 is 1.40 bits per heavy atom. The van der Waals surface area contributed by atoms with Gasteiger partial charge in [0.15, 0.2) is 0 Å². The molecule has 1 fully saturated rings. The van der Waals surface area contributed by atoms with Gasteiger partial charge in [0.2, 0.25) is 5.91 Å². The zero-order valence-corrected chi connectivity index (χ0v) is 12.8. The molecule has 0 aromatic heterocycles. The van der Waals surface area contributed by atoms with Crippen LogP contribution >= 0.6 is 0 Å². The molecule has 0 bridgehead atoms. The summed E-state index contributed by atoms with van der Waals surface area (Å²) in [6.07, 6.45) is 1.91. The number of carbonyl (C=O) groups is 1. The van der Waals surface area contributed by atoms with Crippen molar-refractivity contribution in [2.45, 2.75) is 45.6 Å². The van der Waals surface area contributed by atoms with Gasteiger partial charge in [0.25, 0.3) is 0 Å². The minimum Gasteiger partial charge on any atom is -0.496 e. The Balaban J connectivity index is 1.99. The molecule has 1 amide bonds. The molecule has 1 aromatic carbocycles. The number of para-hydroxylation sites is 1. The Kier molecular flexibility index (Phi) is 4.69. The number of amides is 1. The van der Waals surface area contributed by atoms with Gasteiger partial charge in [0.1, 0.15) is 5.75 Å². The Labute approximate surface area is 121 Å². The van der Waals surface area contributed by atoms with Crippen molar-refractivity contribution < 1.29 is 9.53 Å². The molecule has 0 spiro atoms. The number of methoxy groups -OCH3 is 1. The lowest BCUT2D eigenvalue weighted by atomic mass is 10.0. The van der Waals surface area contributed by atoms with Gasteiger partial charge in [-0.3, -0.25) is 4.79 Å². The van der Waals surface area contributed by atoms with Crippen LogP contribution in [0, 0.1) is 11.8 Å². The summed E-state index contributed by atoms with van der Waals surface area (Å²) < 4.78 is 5.38. The number of nitrogens with one attached hydrogen (secondary N) is 1. The van der Waals surface area contributed by atoms with Gasteiger partial charge in [-0.15, -0.1) is 0 Å². The molecule has 3 nitrogen and oxygen atoms in total. The first kappa shape index (κ1) is 14.9. The second kappa shape index (κ2) is 6.29. The van der Waals surface area contributed by atoms with Gasteiger partial charge in [-0.25, -0.2) is 0 Å². The summed E-state index contributed by atoms with van der Waals surface area (Å²) in [6, 6.07) is 8.28. The zero-order chi connectivity index (χ0) is 14.7. The van der Waals surface area contributed by atoms with Crippen molar-refractivity contribution in [3.05, 3.63) is 29.8 Å². The molecule has 3 heteroatoms. The second-order valence-corrected chi connectivity index (χ2v) is 5.96. The molecule has 0 heterocycles. The zero-order valence-electron chi connectivity index (χ0n) is 12.8. The number of ether oxygens (including phenoxy) is 1. The number of rotatable bonds is 6. The third-order valence-corrected chi connectivity index (χ3v) is 4.24. The predicted molar refractivity (Wildman–Crippen MR) is 80.9 cm³/mol. The van der Waals surface area contributed by atoms with Crippen LogP contribution in [0.1, 0.15) is 45.1 Å². The Morgan fingerprint density at radius 2 is 2.10 bits per heavy atom. The highest BCUT2D eigenvalue weighted by Crippen LogP contribution is 2.50. The lowest BCUT2D eigenvalue weighted by molar-refractivity contribution is -0.123. The molecule has 20 heavy (non-hydrogen) atoms. The number of benzene rings is 1. The molecule has 1 aromatic rings. The smallest absolute Gasteiger partial charge is 0.223 e. The number of hydrogen-bond donors (Lipinski definition) is 1. The Morgan fingerprint density at radius 3 is 2.70 bits per heavy atom. The standard InChI is InChI=1S/C17H25NO2/c1-5-15(11(2)3)18-17(19)14-10-13(14)12-8-6-7-9-16(12)20-4/h6-9,11,13-15H,5,10H2,1-4H3,(H,18,19)/t13-,14-,15+/m1/s1. The van der Waals surface area contributed by atoms with Crippen LogP contribution in [-0.2, 0) is 4.79 Å². The predicted octanol–water partition coefficient (Wildman–Crippen LogP) is 3.35. The van der Waals surface area contributed by atoms with E-state index in [4.69, 9.17) is 4.74 Å². The quantitative estimate of drug-likeness (QED) is 0.864. The van der Waals surface area contributed by atoms with Crippen molar-refractivity contribution in [1.29, 1.82) is 0 Å². The van der Waals surface area contributed by atoms with Crippen molar-refractivity contribution in [2.75, 3.05) is 7.11 Å². The van der Waals surface area contributed by atoms with Crippen LogP contribution in [0.25, 0.3) is 0 Å². The van der Waals surface area contributed by atoms with E-state index in [1.54, 1.807) is 7.11 Å². The summed E-state index contributed by atoms with van der Waals surface area (Å²) in [5.41, 5.74) is 1.16. The SMILES string of the molecule is CC[C@H](NC(=O)[C@@H]1C[C@@H]1c1ccccc1OC)C(C)C. The molecule has 0 aliphatic heterocycles.